The summed E-state index contributed by atoms with van der Waals surface area (Å²) in [5.41, 5.74) is 2.33. The van der Waals surface area contributed by atoms with Gasteiger partial charge < -0.3 is 5.32 Å². The van der Waals surface area contributed by atoms with Gasteiger partial charge in [0.2, 0.25) is 0 Å². The lowest BCUT2D eigenvalue weighted by atomic mass is 10.1. The van der Waals surface area contributed by atoms with Crippen molar-refractivity contribution in [1.82, 2.24) is 10.3 Å². The molecule has 4 heteroatoms. The van der Waals surface area contributed by atoms with E-state index < -0.39 is 0 Å². The number of hydrogen-bond donors (Lipinski definition) is 1. The highest BCUT2D eigenvalue weighted by Gasteiger charge is 2.35. The molecule has 1 fully saturated rings. The molecule has 20 heavy (non-hydrogen) atoms. The third kappa shape index (κ3) is 2.40. The second kappa shape index (κ2) is 5.09. The average molecular weight is 283 g/mol. The molecule has 2 aliphatic rings. The second-order valence-electron chi connectivity index (χ2n) is 5.49. The molecule has 1 N–H and O–H groups in total. The summed E-state index contributed by atoms with van der Waals surface area (Å²) in [6, 6.07) is 10.4. The zero-order valence-electron chi connectivity index (χ0n) is 11.2. The van der Waals surface area contributed by atoms with Gasteiger partial charge in [-0.25, -0.2) is 0 Å². The molecule has 102 valence electrons. The van der Waals surface area contributed by atoms with Crippen LogP contribution >= 0.6 is 11.8 Å². The van der Waals surface area contributed by atoms with Gasteiger partial charge in [-0.2, -0.15) is 0 Å². The number of rotatable bonds is 3. The molecule has 1 aliphatic heterocycles. The molecule has 2 heterocycles. The van der Waals surface area contributed by atoms with Crippen LogP contribution in [0.5, 0.6) is 0 Å². The van der Waals surface area contributed by atoms with E-state index >= 15 is 0 Å². The molecule has 0 bridgehead atoms. The second-order valence-corrected chi connectivity index (χ2v) is 6.71. The molecule has 0 spiro atoms. The third-order valence-electron chi connectivity index (χ3n) is 3.97. The van der Waals surface area contributed by atoms with E-state index in [9.17, 15) is 0 Å². The van der Waals surface area contributed by atoms with Crippen molar-refractivity contribution in [2.75, 3.05) is 6.54 Å². The molecular formula is C16H17N3S. The molecule has 2 aromatic rings. The van der Waals surface area contributed by atoms with Crippen molar-refractivity contribution in [3.8, 4) is 0 Å². The van der Waals surface area contributed by atoms with Gasteiger partial charge in [-0.1, -0.05) is 36.0 Å². The Morgan fingerprint density at radius 3 is 3.00 bits per heavy atom. The molecule has 1 aromatic carbocycles. The van der Waals surface area contributed by atoms with Gasteiger partial charge in [0.15, 0.2) is 5.17 Å². The normalized spacial score (nSPS) is 22.0. The molecule has 4 rings (SSSR count). The van der Waals surface area contributed by atoms with Crippen LogP contribution in [0.4, 0.5) is 0 Å². The molecule has 1 aliphatic carbocycles. The summed E-state index contributed by atoms with van der Waals surface area (Å²) in [6.07, 6.45) is 4.65. The van der Waals surface area contributed by atoms with E-state index in [0.717, 1.165) is 34.9 Å². The van der Waals surface area contributed by atoms with E-state index in [1.54, 1.807) is 0 Å². The van der Waals surface area contributed by atoms with Crippen LogP contribution in [0.15, 0.2) is 41.5 Å². The van der Waals surface area contributed by atoms with E-state index in [2.05, 4.69) is 39.6 Å². The zero-order chi connectivity index (χ0) is 13.4. The number of aliphatic imine (C=N–C) groups is 1. The molecule has 1 aromatic heterocycles. The van der Waals surface area contributed by atoms with Gasteiger partial charge in [0, 0.05) is 23.4 Å². The minimum absolute atomic E-state index is 0.725. The summed E-state index contributed by atoms with van der Waals surface area (Å²) in [6.45, 7) is 1.79. The number of benzene rings is 1. The van der Waals surface area contributed by atoms with Gasteiger partial charge in [0.25, 0.3) is 0 Å². The maximum absolute atomic E-state index is 4.62. The first-order valence-electron chi connectivity index (χ1n) is 7.18. The number of hydrogen-bond acceptors (Lipinski definition) is 4. The molecule has 0 radical (unpaired) electrons. The first-order chi connectivity index (χ1) is 9.90. The third-order valence-corrected chi connectivity index (χ3v) is 5.31. The van der Waals surface area contributed by atoms with Crippen molar-refractivity contribution < 1.29 is 0 Å². The predicted octanol–water partition coefficient (Wildman–Crippen LogP) is 3.21. The lowest BCUT2D eigenvalue weighted by Crippen LogP contribution is -2.19. The predicted molar refractivity (Wildman–Crippen MR) is 85.0 cm³/mol. The van der Waals surface area contributed by atoms with Crippen LogP contribution in [0, 0.1) is 5.92 Å². The molecular weight excluding hydrogens is 266 g/mol. The molecule has 1 unspecified atom stereocenters. The summed E-state index contributed by atoms with van der Waals surface area (Å²) in [5, 5.41) is 6.50. The Kier molecular flexibility index (Phi) is 3.11. The number of nitrogens with one attached hydrogen (secondary N) is 1. The van der Waals surface area contributed by atoms with Crippen LogP contribution in [-0.4, -0.2) is 21.9 Å². The van der Waals surface area contributed by atoms with Crippen molar-refractivity contribution in [3.63, 3.8) is 0 Å². The van der Waals surface area contributed by atoms with Crippen LogP contribution in [0.3, 0.4) is 0 Å². The van der Waals surface area contributed by atoms with Crippen molar-refractivity contribution >= 4 is 27.8 Å². The fourth-order valence-electron chi connectivity index (χ4n) is 2.68. The summed E-state index contributed by atoms with van der Waals surface area (Å²) in [4.78, 5) is 9.11. The Labute approximate surface area is 122 Å². The molecule has 1 saturated carbocycles. The Morgan fingerprint density at radius 2 is 2.10 bits per heavy atom. The highest BCUT2D eigenvalue weighted by Crippen LogP contribution is 2.41. The zero-order valence-corrected chi connectivity index (χ0v) is 12.1. The van der Waals surface area contributed by atoms with Crippen LogP contribution in [-0.2, 0) is 6.54 Å². The quantitative estimate of drug-likeness (QED) is 0.940. The summed E-state index contributed by atoms with van der Waals surface area (Å²) < 4.78 is 0. The molecule has 0 amide bonds. The van der Waals surface area contributed by atoms with Gasteiger partial charge in [0.05, 0.1) is 12.1 Å². The highest BCUT2D eigenvalue weighted by molar-refractivity contribution is 8.14. The van der Waals surface area contributed by atoms with Crippen molar-refractivity contribution in [2.45, 2.75) is 24.6 Å². The van der Waals surface area contributed by atoms with Crippen molar-refractivity contribution in [2.24, 2.45) is 10.9 Å². The summed E-state index contributed by atoms with van der Waals surface area (Å²) >= 11 is 1.92. The van der Waals surface area contributed by atoms with Crippen LogP contribution in [0.1, 0.15) is 18.4 Å². The smallest absolute Gasteiger partial charge is 0.157 e. The van der Waals surface area contributed by atoms with Crippen LogP contribution in [0.2, 0.25) is 0 Å². The number of pyridine rings is 1. The molecule has 0 saturated heterocycles. The Bertz CT molecular complexity index is 658. The van der Waals surface area contributed by atoms with Gasteiger partial charge in [0.1, 0.15) is 0 Å². The van der Waals surface area contributed by atoms with E-state index in [0.29, 0.717) is 0 Å². The number of nitrogens with zero attached hydrogens (tertiary/aromatic N) is 2. The van der Waals surface area contributed by atoms with E-state index in [4.69, 9.17) is 0 Å². The number of fused-ring (bicyclic) bond motifs is 1. The maximum Gasteiger partial charge on any atom is 0.157 e. The van der Waals surface area contributed by atoms with E-state index in [1.165, 1.54) is 23.8 Å². The van der Waals surface area contributed by atoms with E-state index in [1.807, 2.05) is 24.0 Å². The number of para-hydroxylation sites is 1. The van der Waals surface area contributed by atoms with Crippen molar-refractivity contribution in [1.29, 1.82) is 0 Å². The first kappa shape index (κ1) is 12.2. The Balaban J connectivity index is 1.46. The largest absolute Gasteiger partial charge is 0.361 e. The fourth-order valence-corrected chi connectivity index (χ4v) is 3.89. The Hall–Kier alpha value is -1.55. The van der Waals surface area contributed by atoms with Crippen molar-refractivity contribution in [3.05, 3.63) is 42.1 Å². The van der Waals surface area contributed by atoms with Gasteiger partial charge in [-0.05, 0) is 30.4 Å². The monoisotopic (exact) mass is 283 g/mol. The molecule has 3 nitrogen and oxygen atoms in total. The number of thioether (sulfide) groups is 1. The van der Waals surface area contributed by atoms with Crippen LogP contribution in [0.25, 0.3) is 10.9 Å². The topological polar surface area (TPSA) is 37.3 Å². The highest BCUT2D eigenvalue weighted by atomic mass is 32.2. The number of amidine groups is 1. The van der Waals surface area contributed by atoms with E-state index in [-0.39, 0.29) is 0 Å². The molecule has 1 atom stereocenters. The lowest BCUT2D eigenvalue weighted by molar-refractivity contribution is 0.772. The van der Waals surface area contributed by atoms with Gasteiger partial charge >= 0.3 is 0 Å². The van der Waals surface area contributed by atoms with Gasteiger partial charge in [-0.15, -0.1) is 0 Å². The minimum Gasteiger partial charge on any atom is -0.361 e. The van der Waals surface area contributed by atoms with Crippen LogP contribution < -0.4 is 5.32 Å². The maximum atomic E-state index is 4.62. The fraction of sp³-hybridized carbons (Fsp3) is 0.375. The van der Waals surface area contributed by atoms with Gasteiger partial charge in [-0.3, -0.25) is 9.98 Å². The Morgan fingerprint density at radius 1 is 1.20 bits per heavy atom. The lowest BCUT2D eigenvalue weighted by Gasteiger charge is -2.09. The summed E-state index contributed by atoms with van der Waals surface area (Å²) in [7, 11) is 0. The minimum atomic E-state index is 0.725. The standard InChI is InChI=1S/C16H17N3S/c1-3-12-5-2-8-17-15(12)13(4-1)9-18-16-19-10-14(20-16)11-6-7-11/h1-5,8,11,14H,6-7,9-10H2,(H,18,19). The number of aromatic nitrogens is 1. The average Bonchev–Trinajstić information content (AvgIpc) is 3.24. The SMILES string of the molecule is c1cnc2c(CNC3=NCC(C4CC4)S3)cccc2c1. The first-order valence-corrected chi connectivity index (χ1v) is 8.06. The summed E-state index contributed by atoms with van der Waals surface area (Å²) in [5.74, 6) is 0.919.